The van der Waals surface area contributed by atoms with Crippen LogP contribution in [-0.4, -0.2) is 30.5 Å². The molecule has 1 aromatic heterocycles. The van der Waals surface area contributed by atoms with Crippen molar-refractivity contribution in [1.82, 2.24) is 10.3 Å². The van der Waals surface area contributed by atoms with E-state index in [1.165, 1.54) is 34.6 Å². The zero-order valence-electron chi connectivity index (χ0n) is 15.6. The summed E-state index contributed by atoms with van der Waals surface area (Å²) >= 11 is 0. The quantitative estimate of drug-likeness (QED) is 0.551. The number of benzene rings is 2. The summed E-state index contributed by atoms with van der Waals surface area (Å²) in [6, 6.07) is 18.0. The second kappa shape index (κ2) is 8.41. The van der Waals surface area contributed by atoms with Gasteiger partial charge in [-0.05, 0) is 28.3 Å². The molecule has 0 fully saturated rings. The maximum atomic E-state index is 12.1. The Morgan fingerprint density at radius 3 is 2.45 bits per heavy atom. The minimum atomic E-state index is -0.525. The van der Waals surface area contributed by atoms with Crippen LogP contribution < -0.4 is 5.32 Å². The zero-order valence-corrected chi connectivity index (χ0v) is 15.6. The topological polar surface area (TPSA) is 68.3 Å². The average molecular weight is 382 g/mol. The lowest BCUT2D eigenvalue weighted by Crippen LogP contribution is -2.26. The van der Waals surface area contributed by atoms with E-state index in [0.29, 0.717) is 11.1 Å². The second-order valence-electron chi connectivity index (χ2n) is 6.56. The Bertz CT molecular complexity index is 1080. The van der Waals surface area contributed by atoms with Crippen LogP contribution >= 0.6 is 0 Å². The summed E-state index contributed by atoms with van der Waals surface area (Å²) in [5, 5.41) is 2.62. The fourth-order valence-corrected chi connectivity index (χ4v) is 3.52. The van der Waals surface area contributed by atoms with Gasteiger partial charge in [0.1, 0.15) is 6.61 Å². The molecule has 142 valence electrons. The highest BCUT2D eigenvalue weighted by atomic mass is 16.5. The predicted molar refractivity (Wildman–Crippen MR) is 110 cm³/mol. The van der Waals surface area contributed by atoms with Crippen molar-refractivity contribution >= 4 is 12.4 Å². The Morgan fingerprint density at radius 1 is 1.07 bits per heavy atom. The number of rotatable bonds is 4. The van der Waals surface area contributed by atoms with E-state index in [9.17, 15) is 9.59 Å². The van der Waals surface area contributed by atoms with Crippen molar-refractivity contribution in [2.45, 2.75) is 5.92 Å². The van der Waals surface area contributed by atoms with Gasteiger partial charge in [-0.1, -0.05) is 60.4 Å². The molecule has 1 amide bonds. The molecular formula is C24H18N2O3. The molecule has 0 radical (unpaired) electrons. The third-order valence-corrected chi connectivity index (χ3v) is 4.87. The van der Waals surface area contributed by atoms with Gasteiger partial charge in [0.15, 0.2) is 6.29 Å². The number of pyridine rings is 1. The van der Waals surface area contributed by atoms with E-state index < -0.39 is 6.09 Å². The second-order valence-corrected chi connectivity index (χ2v) is 6.56. The molecule has 0 spiro atoms. The lowest BCUT2D eigenvalue weighted by Gasteiger charge is -2.14. The van der Waals surface area contributed by atoms with Gasteiger partial charge in [0.25, 0.3) is 0 Å². The number of nitrogens with zero attached hydrogens (tertiary/aromatic N) is 1. The first-order chi connectivity index (χ1) is 14.3. The van der Waals surface area contributed by atoms with Crippen molar-refractivity contribution in [3.05, 3.63) is 89.2 Å². The normalized spacial score (nSPS) is 11.6. The van der Waals surface area contributed by atoms with Gasteiger partial charge in [-0.15, -0.1) is 0 Å². The molecule has 0 unspecified atom stereocenters. The van der Waals surface area contributed by atoms with Gasteiger partial charge in [-0.3, -0.25) is 9.78 Å². The molecule has 0 atom stereocenters. The summed E-state index contributed by atoms with van der Waals surface area (Å²) in [6.07, 6.45) is 3.25. The standard InChI is InChI=1S/C24H18N2O3/c27-15-18-11-13-25-14-17(18)6-5-12-26-24(28)29-16-23-21-9-3-1-7-19(21)20-8-2-4-10-22(20)23/h1-4,7-11,13-15,23H,12,16H2,(H,26,28). The smallest absolute Gasteiger partial charge is 0.407 e. The number of nitrogens with one attached hydrogen (secondary N) is 1. The van der Waals surface area contributed by atoms with E-state index in [2.05, 4.69) is 46.4 Å². The van der Waals surface area contributed by atoms with Gasteiger partial charge >= 0.3 is 6.09 Å². The van der Waals surface area contributed by atoms with Crippen molar-refractivity contribution in [2.24, 2.45) is 0 Å². The summed E-state index contributed by atoms with van der Waals surface area (Å²) in [5.41, 5.74) is 5.69. The maximum Gasteiger partial charge on any atom is 0.407 e. The lowest BCUT2D eigenvalue weighted by molar-refractivity contribution is 0.112. The van der Waals surface area contributed by atoms with Crippen LogP contribution in [-0.2, 0) is 4.74 Å². The summed E-state index contributed by atoms with van der Waals surface area (Å²) in [7, 11) is 0. The Hall–Kier alpha value is -3.91. The Kier molecular flexibility index (Phi) is 5.35. The van der Waals surface area contributed by atoms with Crippen LogP contribution in [0.2, 0.25) is 0 Å². The van der Waals surface area contributed by atoms with Gasteiger partial charge in [-0.2, -0.15) is 0 Å². The number of ether oxygens (including phenoxy) is 1. The van der Waals surface area contributed by atoms with Crippen molar-refractivity contribution in [2.75, 3.05) is 13.2 Å². The molecule has 4 rings (SSSR count). The van der Waals surface area contributed by atoms with Gasteiger partial charge in [0.05, 0.1) is 12.1 Å². The minimum absolute atomic E-state index is 0.0183. The molecular weight excluding hydrogens is 364 g/mol. The van der Waals surface area contributed by atoms with Gasteiger partial charge in [-0.25, -0.2) is 4.79 Å². The average Bonchev–Trinajstić information content (AvgIpc) is 3.09. The third kappa shape index (κ3) is 3.87. The molecule has 0 saturated carbocycles. The number of fused-ring (bicyclic) bond motifs is 3. The number of hydrogen-bond acceptors (Lipinski definition) is 4. The molecule has 5 heteroatoms. The molecule has 1 N–H and O–H groups in total. The molecule has 0 aliphatic heterocycles. The van der Waals surface area contributed by atoms with E-state index >= 15 is 0 Å². The molecule has 0 saturated heterocycles. The van der Waals surface area contributed by atoms with Crippen LogP contribution in [0.4, 0.5) is 4.79 Å². The van der Waals surface area contributed by atoms with Crippen molar-refractivity contribution in [3.8, 4) is 23.0 Å². The van der Waals surface area contributed by atoms with Gasteiger partial charge < -0.3 is 10.1 Å². The van der Waals surface area contributed by atoms with Gasteiger partial charge in [0, 0.05) is 23.9 Å². The van der Waals surface area contributed by atoms with Crippen molar-refractivity contribution in [3.63, 3.8) is 0 Å². The van der Waals surface area contributed by atoms with E-state index in [1.54, 1.807) is 6.07 Å². The van der Waals surface area contributed by atoms with Crippen molar-refractivity contribution in [1.29, 1.82) is 0 Å². The number of amides is 1. The van der Waals surface area contributed by atoms with Gasteiger partial charge in [0.2, 0.25) is 0 Å². The molecule has 5 nitrogen and oxygen atoms in total. The Morgan fingerprint density at radius 2 is 1.76 bits per heavy atom. The summed E-state index contributed by atoms with van der Waals surface area (Å²) < 4.78 is 5.45. The summed E-state index contributed by atoms with van der Waals surface area (Å²) in [4.78, 5) is 27.0. The van der Waals surface area contributed by atoms with Crippen LogP contribution in [0.1, 0.15) is 33.0 Å². The van der Waals surface area contributed by atoms with Crippen molar-refractivity contribution < 1.29 is 14.3 Å². The number of aromatic nitrogens is 1. The number of alkyl carbamates (subject to hydrolysis) is 1. The monoisotopic (exact) mass is 382 g/mol. The maximum absolute atomic E-state index is 12.1. The van der Waals surface area contributed by atoms with E-state index in [-0.39, 0.29) is 19.1 Å². The highest BCUT2D eigenvalue weighted by Crippen LogP contribution is 2.44. The van der Waals surface area contributed by atoms with Crippen LogP contribution in [0.25, 0.3) is 11.1 Å². The highest BCUT2D eigenvalue weighted by Gasteiger charge is 2.28. The molecule has 1 heterocycles. The van der Waals surface area contributed by atoms with E-state index in [1.807, 2.05) is 24.3 Å². The van der Waals surface area contributed by atoms with Crippen LogP contribution in [0.5, 0.6) is 0 Å². The molecule has 2 aromatic carbocycles. The number of carbonyl (C=O) groups is 2. The molecule has 1 aliphatic rings. The molecule has 1 aliphatic carbocycles. The number of hydrogen-bond donors (Lipinski definition) is 1. The Labute approximate surface area is 168 Å². The highest BCUT2D eigenvalue weighted by molar-refractivity contribution is 5.79. The Balaban J connectivity index is 1.36. The first-order valence-electron chi connectivity index (χ1n) is 9.25. The first kappa shape index (κ1) is 18.5. The zero-order chi connectivity index (χ0) is 20.1. The lowest BCUT2D eigenvalue weighted by atomic mass is 9.98. The van der Waals surface area contributed by atoms with Crippen LogP contribution in [0.3, 0.4) is 0 Å². The molecule has 3 aromatic rings. The number of carbonyl (C=O) groups excluding carboxylic acids is 2. The first-order valence-corrected chi connectivity index (χ1v) is 9.25. The fraction of sp³-hybridized carbons (Fsp3) is 0.125. The van der Waals surface area contributed by atoms with Crippen LogP contribution in [0, 0.1) is 11.8 Å². The minimum Gasteiger partial charge on any atom is -0.449 e. The molecule has 29 heavy (non-hydrogen) atoms. The predicted octanol–water partition coefficient (Wildman–Crippen LogP) is 3.78. The van der Waals surface area contributed by atoms with Crippen LogP contribution in [0.15, 0.2) is 67.0 Å². The third-order valence-electron chi connectivity index (χ3n) is 4.87. The summed E-state index contributed by atoms with van der Waals surface area (Å²) in [5.74, 6) is 5.65. The largest absolute Gasteiger partial charge is 0.449 e. The van der Waals surface area contributed by atoms with E-state index in [4.69, 9.17) is 4.74 Å². The van der Waals surface area contributed by atoms with E-state index in [0.717, 1.165) is 6.29 Å². The number of aldehydes is 1. The SMILES string of the molecule is O=Cc1ccncc1C#CCNC(=O)OCC1c2ccccc2-c2ccccc21. The molecule has 0 bridgehead atoms. The summed E-state index contributed by atoms with van der Waals surface area (Å²) in [6.45, 7) is 0.370. The fourth-order valence-electron chi connectivity index (χ4n) is 3.52.